The van der Waals surface area contributed by atoms with Gasteiger partial charge in [0.25, 0.3) is 0 Å². The predicted octanol–water partition coefficient (Wildman–Crippen LogP) is 8.59. The van der Waals surface area contributed by atoms with E-state index in [0.29, 0.717) is 5.41 Å². The molecule has 0 aliphatic heterocycles. The van der Waals surface area contributed by atoms with E-state index in [9.17, 15) is 0 Å². The van der Waals surface area contributed by atoms with Gasteiger partial charge in [-0.05, 0) is 71.6 Å². The summed E-state index contributed by atoms with van der Waals surface area (Å²) in [4.78, 5) is 5.05. The molecule has 0 spiro atoms. The number of rotatable bonds is 8. The number of hydrogen-bond acceptors (Lipinski definition) is 1. The van der Waals surface area contributed by atoms with Gasteiger partial charge in [-0.2, -0.15) is 0 Å². The van der Waals surface area contributed by atoms with Gasteiger partial charge >= 0.3 is 0 Å². The topological polar surface area (TPSA) is 12.9 Å². The second-order valence-corrected chi connectivity index (χ2v) is 13.5. The van der Waals surface area contributed by atoms with Gasteiger partial charge < -0.3 is 0 Å². The maximum absolute atomic E-state index is 5.05. The Morgan fingerprint density at radius 3 is 1.61 bits per heavy atom. The third-order valence-electron chi connectivity index (χ3n) is 6.08. The highest BCUT2D eigenvalue weighted by molar-refractivity contribution is 5.24. The Morgan fingerprint density at radius 2 is 1.10 bits per heavy atom. The van der Waals surface area contributed by atoms with Gasteiger partial charge in [0.05, 0.1) is 0 Å². The molecule has 1 aromatic carbocycles. The highest BCUT2D eigenvalue weighted by atomic mass is 14.7. The molecule has 1 nitrogen and oxygen atoms in total. The molecule has 0 aliphatic rings. The number of pyridine rings is 1. The molecule has 0 saturated carbocycles. The fourth-order valence-electron chi connectivity index (χ4n) is 4.31. The highest BCUT2D eigenvalue weighted by Gasteiger charge is 2.28. The van der Waals surface area contributed by atoms with E-state index in [-0.39, 0.29) is 16.2 Å². The molecule has 2 rings (SSSR count). The summed E-state index contributed by atoms with van der Waals surface area (Å²) in [7, 11) is 0. The van der Waals surface area contributed by atoms with Crippen LogP contribution in [-0.2, 0) is 24.7 Å². The molecule has 172 valence electrons. The molecule has 0 radical (unpaired) electrons. The van der Waals surface area contributed by atoms with Crippen LogP contribution in [0.4, 0.5) is 0 Å². The average Bonchev–Trinajstić information content (AvgIpc) is 2.59. The van der Waals surface area contributed by atoms with Crippen LogP contribution in [0.1, 0.15) is 105 Å². The molecule has 1 heteroatoms. The van der Waals surface area contributed by atoms with Crippen LogP contribution in [0.2, 0.25) is 0 Å². The van der Waals surface area contributed by atoms with Crippen LogP contribution >= 0.6 is 0 Å². The van der Waals surface area contributed by atoms with Gasteiger partial charge in [-0.1, -0.05) is 99.6 Å². The van der Waals surface area contributed by atoms with E-state index in [2.05, 4.69) is 112 Å². The van der Waals surface area contributed by atoms with Crippen molar-refractivity contribution in [1.82, 2.24) is 4.98 Å². The molecule has 0 unspecified atom stereocenters. The summed E-state index contributed by atoms with van der Waals surface area (Å²) >= 11 is 0. The van der Waals surface area contributed by atoms with E-state index in [1.54, 1.807) is 0 Å². The van der Waals surface area contributed by atoms with E-state index >= 15 is 0 Å². The van der Waals surface area contributed by atoms with Crippen LogP contribution in [0.25, 0.3) is 0 Å². The first-order chi connectivity index (χ1) is 14.0. The largest absolute Gasteiger partial charge is 0.257 e. The van der Waals surface area contributed by atoms with E-state index in [0.717, 1.165) is 25.7 Å². The first-order valence-electron chi connectivity index (χ1n) is 12.1. The number of nitrogens with zero attached hydrogens (tertiary/aromatic N) is 1. The minimum Gasteiger partial charge on any atom is -0.257 e. The lowest BCUT2D eigenvalue weighted by Crippen LogP contribution is -2.25. The maximum Gasteiger partial charge on any atom is 0.0463 e. The van der Waals surface area contributed by atoms with Crippen molar-refractivity contribution in [3.05, 3.63) is 65.0 Å². The standard InChI is InChI=1S/C30H47N/c1-27(2,3)20-23-14-16-24(17-15-23)21-29(7,8)18-19-30(9,10)26-13-11-12-25(31-26)22-28(4,5)6/h11-17H,18-22H2,1-10H3. The minimum atomic E-state index is 0.0850. The van der Waals surface area contributed by atoms with Crippen molar-refractivity contribution in [3.8, 4) is 0 Å². The van der Waals surface area contributed by atoms with Crippen molar-refractivity contribution in [1.29, 1.82) is 0 Å². The number of benzene rings is 1. The third kappa shape index (κ3) is 9.17. The normalized spacial score (nSPS) is 13.5. The maximum atomic E-state index is 5.05. The van der Waals surface area contributed by atoms with E-state index in [4.69, 9.17) is 4.98 Å². The molecule has 0 bridgehead atoms. The second kappa shape index (κ2) is 9.47. The van der Waals surface area contributed by atoms with Crippen LogP contribution in [0, 0.1) is 16.2 Å². The lowest BCUT2D eigenvalue weighted by Gasteiger charge is -2.31. The Morgan fingerprint density at radius 1 is 0.581 bits per heavy atom. The molecule has 1 aromatic heterocycles. The Kier molecular flexibility index (Phi) is 7.83. The molecule has 1 heterocycles. The first-order valence-corrected chi connectivity index (χ1v) is 12.1. The smallest absolute Gasteiger partial charge is 0.0463 e. The van der Waals surface area contributed by atoms with Crippen molar-refractivity contribution in [2.75, 3.05) is 0 Å². The number of hydrogen-bond donors (Lipinski definition) is 0. The molecule has 0 amide bonds. The Labute approximate surface area is 193 Å². The molecular weight excluding hydrogens is 374 g/mol. The van der Waals surface area contributed by atoms with Gasteiger partial charge in [0, 0.05) is 16.8 Å². The van der Waals surface area contributed by atoms with E-state index in [1.165, 1.54) is 28.9 Å². The Hall–Kier alpha value is -1.63. The zero-order chi connectivity index (χ0) is 23.5. The van der Waals surface area contributed by atoms with Crippen molar-refractivity contribution >= 4 is 0 Å². The van der Waals surface area contributed by atoms with Crippen LogP contribution in [0.15, 0.2) is 42.5 Å². The van der Waals surface area contributed by atoms with Gasteiger partial charge in [-0.15, -0.1) is 0 Å². The van der Waals surface area contributed by atoms with Gasteiger partial charge in [0.1, 0.15) is 0 Å². The fraction of sp³-hybridized carbons (Fsp3) is 0.633. The fourth-order valence-corrected chi connectivity index (χ4v) is 4.31. The highest BCUT2D eigenvalue weighted by Crippen LogP contribution is 2.35. The Balaban J connectivity index is 2.01. The molecule has 0 aliphatic carbocycles. The summed E-state index contributed by atoms with van der Waals surface area (Å²) in [5.41, 5.74) is 6.30. The third-order valence-corrected chi connectivity index (χ3v) is 6.08. The minimum absolute atomic E-state index is 0.0850. The summed E-state index contributed by atoms with van der Waals surface area (Å²) in [5, 5.41) is 0. The average molecular weight is 422 g/mol. The molecule has 2 aromatic rings. The predicted molar refractivity (Wildman–Crippen MR) is 137 cm³/mol. The van der Waals surface area contributed by atoms with E-state index < -0.39 is 0 Å². The summed E-state index contributed by atoms with van der Waals surface area (Å²) in [6.45, 7) is 23.3. The number of aromatic nitrogens is 1. The molecule has 31 heavy (non-hydrogen) atoms. The lowest BCUT2D eigenvalue weighted by molar-refractivity contribution is 0.282. The van der Waals surface area contributed by atoms with Gasteiger partial charge in [-0.25, -0.2) is 0 Å². The van der Waals surface area contributed by atoms with Crippen molar-refractivity contribution in [3.63, 3.8) is 0 Å². The lowest BCUT2D eigenvalue weighted by atomic mass is 9.74. The summed E-state index contributed by atoms with van der Waals surface area (Å²) in [6.07, 6.45) is 5.61. The van der Waals surface area contributed by atoms with Crippen molar-refractivity contribution < 1.29 is 0 Å². The quantitative estimate of drug-likeness (QED) is 0.416. The SMILES string of the molecule is CC(C)(C)Cc1ccc(CC(C)(C)CCC(C)(C)c2cccc(CC(C)(C)C)n2)cc1. The zero-order valence-electron chi connectivity index (χ0n) is 22.0. The summed E-state index contributed by atoms with van der Waals surface area (Å²) in [6, 6.07) is 15.9. The van der Waals surface area contributed by atoms with Crippen molar-refractivity contribution in [2.24, 2.45) is 16.2 Å². The first kappa shape index (κ1) is 25.6. The molecular formula is C30H47N. The van der Waals surface area contributed by atoms with Crippen LogP contribution in [0.5, 0.6) is 0 Å². The van der Waals surface area contributed by atoms with Crippen LogP contribution < -0.4 is 0 Å². The summed E-state index contributed by atoms with van der Waals surface area (Å²) in [5.74, 6) is 0. The molecule has 0 N–H and O–H groups in total. The second-order valence-electron chi connectivity index (χ2n) is 13.5. The van der Waals surface area contributed by atoms with Crippen molar-refractivity contribution in [2.45, 2.75) is 107 Å². The molecule has 0 atom stereocenters. The Bertz CT molecular complexity index is 826. The van der Waals surface area contributed by atoms with Crippen LogP contribution in [0.3, 0.4) is 0 Å². The molecule has 0 saturated heterocycles. The summed E-state index contributed by atoms with van der Waals surface area (Å²) < 4.78 is 0. The molecule has 0 fully saturated rings. The van der Waals surface area contributed by atoms with E-state index in [1.807, 2.05) is 0 Å². The zero-order valence-corrected chi connectivity index (χ0v) is 22.0. The van der Waals surface area contributed by atoms with Gasteiger partial charge in [0.15, 0.2) is 0 Å². The van der Waals surface area contributed by atoms with Gasteiger partial charge in [-0.3, -0.25) is 4.98 Å². The van der Waals surface area contributed by atoms with Crippen LogP contribution in [-0.4, -0.2) is 4.98 Å². The monoisotopic (exact) mass is 421 g/mol. The van der Waals surface area contributed by atoms with Gasteiger partial charge in [0.2, 0.25) is 0 Å².